The van der Waals surface area contributed by atoms with Gasteiger partial charge in [-0.3, -0.25) is 4.79 Å². The zero-order chi connectivity index (χ0) is 23.4. The number of rotatable bonds is 11. The third-order valence-electron chi connectivity index (χ3n) is 3.50. The molecule has 0 aliphatic heterocycles. The number of hydrogen-bond donors (Lipinski definition) is 3. The standard InChI is InChI=1S/C20H30N4O6S/c1-6-9-24(19(28)29-11-7-2)12-14(23-18(27)30-20(3,4)5)15-13-31-17(22-15)16(26)21-8-10-25/h6-7,13-14,25H,1-2,8-12H2,3-5H3,(H,21,26)(H,23,27). The van der Waals surface area contributed by atoms with Crippen LogP contribution >= 0.6 is 11.3 Å². The van der Waals surface area contributed by atoms with Gasteiger partial charge < -0.3 is 30.1 Å². The Morgan fingerprint density at radius 3 is 2.61 bits per heavy atom. The zero-order valence-corrected chi connectivity index (χ0v) is 18.9. The lowest BCUT2D eigenvalue weighted by Crippen LogP contribution is -2.43. The Balaban J connectivity index is 3.10. The van der Waals surface area contributed by atoms with Crippen LogP contribution in [-0.2, 0) is 9.47 Å². The molecule has 0 fully saturated rings. The molecule has 0 spiro atoms. The maximum absolute atomic E-state index is 12.4. The van der Waals surface area contributed by atoms with Gasteiger partial charge >= 0.3 is 12.2 Å². The Hall–Kier alpha value is -2.92. The lowest BCUT2D eigenvalue weighted by atomic mass is 10.2. The molecule has 0 aliphatic carbocycles. The average Bonchev–Trinajstić information content (AvgIpc) is 3.18. The minimum Gasteiger partial charge on any atom is -0.445 e. The molecular weight excluding hydrogens is 424 g/mol. The van der Waals surface area contributed by atoms with Gasteiger partial charge in [0.1, 0.15) is 12.2 Å². The predicted molar refractivity (Wildman–Crippen MR) is 117 cm³/mol. The molecule has 0 saturated heterocycles. The summed E-state index contributed by atoms with van der Waals surface area (Å²) in [6.07, 6.45) is 1.65. The van der Waals surface area contributed by atoms with Crippen LogP contribution in [0.1, 0.15) is 42.3 Å². The second kappa shape index (κ2) is 12.7. The van der Waals surface area contributed by atoms with Gasteiger partial charge in [-0.15, -0.1) is 17.9 Å². The van der Waals surface area contributed by atoms with Gasteiger partial charge in [-0.05, 0) is 20.8 Å². The highest BCUT2D eigenvalue weighted by atomic mass is 32.1. The van der Waals surface area contributed by atoms with Gasteiger partial charge in [-0.25, -0.2) is 14.6 Å². The fourth-order valence-electron chi connectivity index (χ4n) is 2.28. The van der Waals surface area contributed by atoms with Crippen molar-refractivity contribution >= 4 is 29.4 Å². The molecular formula is C20H30N4O6S. The molecule has 1 atom stereocenters. The van der Waals surface area contributed by atoms with Crippen molar-refractivity contribution in [3.05, 3.63) is 41.4 Å². The molecule has 0 aromatic carbocycles. The van der Waals surface area contributed by atoms with E-state index in [1.807, 2.05) is 0 Å². The number of ether oxygens (including phenoxy) is 2. The Morgan fingerprint density at radius 2 is 2.03 bits per heavy atom. The molecule has 11 heteroatoms. The number of alkyl carbamates (subject to hydrolysis) is 1. The zero-order valence-electron chi connectivity index (χ0n) is 18.1. The summed E-state index contributed by atoms with van der Waals surface area (Å²) in [5.74, 6) is -0.449. The highest BCUT2D eigenvalue weighted by Crippen LogP contribution is 2.20. The smallest absolute Gasteiger partial charge is 0.410 e. The third kappa shape index (κ3) is 9.62. The second-order valence-corrected chi connectivity index (χ2v) is 8.17. The molecule has 1 aromatic rings. The molecule has 3 amide bonds. The van der Waals surface area contributed by atoms with Crippen LogP contribution in [0, 0.1) is 0 Å². The maximum Gasteiger partial charge on any atom is 0.410 e. The van der Waals surface area contributed by atoms with Crippen molar-refractivity contribution in [2.24, 2.45) is 0 Å². The minimum absolute atomic E-state index is 0.00265. The first-order valence-electron chi connectivity index (χ1n) is 9.58. The lowest BCUT2D eigenvalue weighted by molar-refractivity contribution is 0.0484. The van der Waals surface area contributed by atoms with Gasteiger partial charge in [-0.1, -0.05) is 18.7 Å². The van der Waals surface area contributed by atoms with E-state index in [1.165, 1.54) is 17.1 Å². The molecule has 1 heterocycles. The highest BCUT2D eigenvalue weighted by molar-refractivity contribution is 7.11. The number of carbonyl (C=O) groups is 3. The van der Waals surface area contributed by atoms with Crippen LogP contribution in [0.15, 0.2) is 30.7 Å². The maximum atomic E-state index is 12.4. The summed E-state index contributed by atoms with van der Waals surface area (Å²) in [6.45, 7) is 12.4. The highest BCUT2D eigenvalue weighted by Gasteiger charge is 2.27. The van der Waals surface area contributed by atoms with Crippen LogP contribution in [0.2, 0.25) is 0 Å². The minimum atomic E-state index is -0.776. The van der Waals surface area contributed by atoms with Crippen molar-refractivity contribution in [1.29, 1.82) is 0 Å². The number of aliphatic hydroxyl groups excluding tert-OH is 1. The van der Waals surface area contributed by atoms with E-state index in [0.717, 1.165) is 11.3 Å². The van der Waals surface area contributed by atoms with Crippen LogP contribution < -0.4 is 10.6 Å². The lowest BCUT2D eigenvalue weighted by Gasteiger charge is -2.27. The average molecular weight is 455 g/mol. The van der Waals surface area contributed by atoms with E-state index in [-0.39, 0.29) is 37.9 Å². The number of nitrogens with zero attached hydrogens (tertiary/aromatic N) is 2. The van der Waals surface area contributed by atoms with Gasteiger partial charge in [0.25, 0.3) is 5.91 Å². The summed E-state index contributed by atoms with van der Waals surface area (Å²) in [7, 11) is 0. The first-order chi connectivity index (χ1) is 14.6. The van der Waals surface area contributed by atoms with E-state index < -0.39 is 29.7 Å². The van der Waals surface area contributed by atoms with Gasteiger partial charge in [-0.2, -0.15) is 0 Å². The number of nitrogens with one attached hydrogen (secondary N) is 2. The van der Waals surface area contributed by atoms with E-state index in [1.54, 1.807) is 26.2 Å². The third-order valence-corrected chi connectivity index (χ3v) is 4.36. The normalized spacial score (nSPS) is 11.7. The second-order valence-electron chi connectivity index (χ2n) is 7.32. The molecule has 1 rings (SSSR count). The first-order valence-corrected chi connectivity index (χ1v) is 10.5. The van der Waals surface area contributed by atoms with E-state index in [2.05, 4.69) is 28.8 Å². The van der Waals surface area contributed by atoms with Crippen LogP contribution in [0.5, 0.6) is 0 Å². The monoisotopic (exact) mass is 454 g/mol. The van der Waals surface area contributed by atoms with Gasteiger partial charge in [0.2, 0.25) is 0 Å². The number of hydrogen-bond acceptors (Lipinski definition) is 8. The Kier molecular flexibility index (Phi) is 10.7. The van der Waals surface area contributed by atoms with Crippen LogP contribution in [0.4, 0.5) is 9.59 Å². The Bertz CT molecular complexity index is 774. The predicted octanol–water partition coefficient (Wildman–Crippen LogP) is 2.24. The summed E-state index contributed by atoms with van der Waals surface area (Å²) < 4.78 is 10.4. The molecule has 31 heavy (non-hydrogen) atoms. The molecule has 172 valence electrons. The molecule has 0 saturated carbocycles. The Morgan fingerprint density at radius 1 is 1.32 bits per heavy atom. The summed E-state index contributed by atoms with van der Waals surface area (Å²) in [5.41, 5.74) is -0.356. The molecule has 1 aromatic heterocycles. The van der Waals surface area contributed by atoms with Gasteiger partial charge in [0, 0.05) is 18.5 Å². The number of carbonyl (C=O) groups excluding carboxylic acids is 3. The number of amides is 3. The topological polar surface area (TPSA) is 130 Å². The number of aliphatic hydroxyl groups is 1. The van der Waals surface area contributed by atoms with Crippen molar-refractivity contribution in [2.45, 2.75) is 32.4 Å². The van der Waals surface area contributed by atoms with E-state index in [4.69, 9.17) is 14.6 Å². The van der Waals surface area contributed by atoms with Crippen LogP contribution in [0.25, 0.3) is 0 Å². The van der Waals surface area contributed by atoms with E-state index in [9.17, 15) is 14.4 Å². The Labute approximate surface area is 185 Å². The first kappa shape index (κ1) is 26.1. The van der Waals surface area contributed by atoms with E-state index >= 15 is 0 Å². The van der Waals surface area contributed by atoms with Crippen molar-refractivity contribution in [1.82, 2.24) is 20.5 Å². The summed E-state index contributed by atoms with van der Waals surface area (Å²) >= 11 is 1.07. The largest absolute Gasteiger partial charge is 0.445 e. The number of thiazole rings is 1. The molecule has 1 unspecified atom stereocenters. The number of aromatic nitrogens is 1. The van der Waals surface area contributed by atoms with Gasteiger partial charge in [0.05, 0.1) is 24.9 Å². The molecule has 0 bridgehead atoms. The fraction of sp³-hybridized carbons (Fsp3) is 0.500. The SMILES string of the molecule is C=CCOC(=O)N(CC=C)CC(NC(=O)OC(C)(C)C)c1csc(C(=O)NCCO)n1. The van der Waals surface area contributed by atoms with Crippen molar-refractivity contribution in [2.75, 3.05) is 32.8 Å². The van der Waals surface area contributed by atoms with Gasteiger partial charge in [0.15, 0.2) is 5.01 Å². The van der Waals surface area contributed by atoms with Crippen LogP contribution in [-0.4, -0.2) is 71.5 Å². The van der Waals surface area contributed by atoms with E-state index in [0.29, 0.717) is 5.69 Å². The molecule has 0 aliphatic rings. The molecule has 0 radical (unpaired) electrons. The van der Waals surface area contributed by atoms with Crippen LogP contribution in [0.3, 0.4) is 0 Å². The summed E-state index contributed by atoms with van der Waals surface area (Å²) in [6, 6.07) is -0.776. The molecule has 3 N–H and O–H groups in total. The van der Waals surface area contributed by atoms with Crippen molar-refractivity contribution in [3.8, 4) is 0 Å². The molecule has 10 nitrogen and oxygen atoms in total. The summed E-state index contributed by atoms with van der Waals surface area (Å²) in [4.78, 5) is 42.5. The quantitative estimate of drug-likeness (QED) is 0.437. The summed E-state index contributed by atoms with van der Waals surface area (Å²) in [5, 5.41) is 15.8. The fourth-order valence-corrected chi connectivity index (χ4v) is 3.07. The van der Waals surface area contributed by atoms with Crippen molar-refractivity contribution < 1.29 is 29.0 Å². The van der Waals surface area contributed by atoms with Crippen molar-refractivity contribution in [3.63, 3.8) is 0 Å².